The van der Waals surface area contributed by atoms with Crippen molar-refractivity contribution in [2.24, 2.45) is 10.8 Å². The Morgan fingerprint density at radius 3 is 2.62 bits per heavy atom. The molecular weight excluding hydrogens is 162 g/mol. The van der Waals surface area contributed by atoms with Gasteiger partial charge in [-0.05, 0) is 19.1 Å². The highest BCUT2D eigenvalue weighted by Crippen LogP contribution is 2.20. The normalized spacial score (nSPS) is 21.8. The molecule has 0 saturated heterocycles. The van der Waals surface area contributed by atoms with Crippen molar-refractivity contribution in [1.29, 1.82) is 0 Å². The third kappa shape index (κ3) is 1.55. The van der Waals surface area contributed by atoms with Crippen LogP contribution in [-0.2, 0) is 0 Å². The molecule has 0 radical (unpaired) electrons. The number of benzene rings is 1. The maximum absolute atomic E-state index is 5.91. The highest BCUT2D eigenvalue weighted by atomic mass is 15.5. The lowest BCUT2D eigenvalue weighted by Crippen LogP contribution is -2.34. The SMILES string of the molecule is CC1=NN(c2ccccc2)[C@H](N)C1. The fourth-order valence-corrected chi connectivity index (χ4v) is 1.52. The summed E-state index contributed by atoms with van der Waals surface area (Å²) in [7, 11) is 0. The number of anilines is 1. The molecule has 1 atom stereocenters. The third-order valence-corrected chi connectivity index (χ3v) is 2.12. The predicted molar refractivity (Wildman–Crippen MR) is 54.6 cm³/mol. The zero-order valence-electron chi connectivity index (χ0n) is 7.64. The van der Waals surface area contributed by atoms with Gasteiger partial charge < -0.3 is 5.73 Å². The number of nitrogens with zero attached hydrogens (tertiary/aromatic N) is 2. The highest BCUT2D eigenvalue weighted by Gasteiger charge is 2.21. The summed E-state index contributed by atoms with van der Waals surface area (Å²) in [5.74, 6) is 0. The zero-order valence-corrected chi connectivity index (χ0v) is 7.64. The maximum atomic E-state index is 5.91. The first-order chi connectivity index (χ1) is 6.27. The molecule has 1 aromatic carbocycles. The molecule has 3 heteroatoms. The summed E-state index contributed by atoms with van der Waals surface area (Å²) in [6, 6.07) is 10.0. The number of para-hydroxylation sites is 1. The first kappa shape index (κ1) is 8.26. The fourth-order valence-electron chi connectivity index (χ4n) is 1.52. The molecule has 68 valence electrons. The average molecular weight is 175 g/mol. The second-order valence-corrected chi connectivity index (χ2v) is 3.29. The first-order valence-corrected chi connectivity index (χ1v) is 4.41. The maximum Gasteiger partial charge on any atom is 0.105 e. The molecule has 1 aliphatic heterocycles. The minimum Gasteiger partial charge on any atom is -0.309 e. The van der Waals surface area contributed by atoms with Crippen LogP contribution in [0.1, 0.15) is 13.3 Å². The molecule has 1 aliphatic rings. The fraction of sp³-hybridized carbons (Fsp3) is 0.300. The van der Waals surface area contributed by atoms with E-state index < -0.39 is 0 Å². The van der Waals surface area contributed by atoms with Crippen molar-refractivity contribution in [3.63, 3.8) is 0 Å². The highest BCUT2D eigenvalue weighted by molar-refractivity contribution is 5.86. The summed E-state index contributed by atoms with van der Waals surface area (Å²) in [6.07, 6.45) is 0.858. The second-order valence-electron chi connectivity index (χ2n) is 3.29. The van der Waals surface area contributed by atoms with E-state index in [4.69, 9.17) is 5.73 Å². The van der Waals surface area contributed by atoms with Crippen molar-refractivity contribution < 1.29 is 0 Å². The van der Waals surface area contributed by atoms with Crippen LogP contribution in [0.25, 0.3) is 0 Å². The van der Waals surface area contributed by atoms with Gasteiger partial charge in [-0.15, -0.1) is 0 Å². The molecule has 3 nitrogen and oxygen atoms in total. The van der Waals surface area contributed by atoms with Crippen molar-refractivity contribution in [3.8, 4) is 0 Å². The van der Waals surface area contributed by atoms with Crippen molar-refractivity contribution in [3.05, 3.63) is 30.3 Å². The van der Waals surface area contributed by atoms with Crippen LogP contribution >= 0.6 is 0 Å². The molecule has 1 heterocycles. The van der Waals surface area contributed by atoms with Gasteiger partial charge in [-0.25, -0.2) is 5.01 Å². The number of hydrazone groups is 1. The number of nitrogens with two attached hydrogens (primary N) is 1. The first-order valence-electron chi connectivity index (χ1n) is 4.41. The van der Waals surface area contributed by atoms with E-state index in [0.29, 0.717) is 0 Å². The molecule has 13 heavy (non-hydrogen) atoms. The van der Waals surface area contributed by atoms with E-state index in [0.717, 1.165) is 17.8 Å². The van der Waals surface area contributed by atoms with Crippen LogP contribution in [0.5, 0.6) is 0 Å². The molecule has 0 spiro atoms. The number of rotatable bonds is 1. The number of hydrogen-bond donors (Lipinski definition) is 1. The molecule has 0 aliphatic carbocycles. The van der Waals surface area contributed by atoms with Crippen molar-refractivity contribution in [2.75, 3.05) is 5.01 Å². The van der Waals surface area contributed by atoms with Gasteiger partial charge in [0.1, 0.15) is 6.17 Å². The van der Waals surface area contributed by atoms with Crippen LogP contribution in [0.15, 0.2) is 35.4 Å². The summed E-state index contributed by atoms with van der Waals surface area (Å²) in [5, 5.41) is 6.24. The lowest BCUT2D eigenvalue weighted by atomic mass is 10.2. The lowest BCUT2D eigenvalue weighted by Gasteiger charge is -2.19. The Kier molecular flexibility index (Phi) is 2.02. The van der Waals surface area contributed by atoms with Gasteiger partial charge >= 0.3 is 0 Å². The predicted octanol–water partition coefficient (Wildman–Crippen LogP) is 1.56. The van der Waals surface area contributed by atoms with Gasteiger partial charge in [-0.3, -0.25) is 0 Å². The zero-order chi connectivity index (χ0) is 9.26. The Labute approximate surface area is 77.9 Å². The summed E-state index contributed by atoms with van der Waals surface area (Å²) in [4.78, 5) is 0. The van der Waals surface area contributed by atoms with Gasteiger partial charge in [0.2, 0.25) is 0 Å². The van der Waals surface area contributed by atoms with Gasteiger partial charge in [0.15, 0.2) is 0 Å². The van der Waals surface area contributed by atoms with Crippen LogP contribution in [-0.4, -0.2) is 11.9 Å². The standard InChI is InChI=1S/C10H13N3/c1-8-7-10(11)13(12-8)9-5-3-2-4-6-9/h2-6,10H,7,11H2,1H3/t10-/m0/s1. The van der Waals surface area contributed by atoms with Gasteiger partial charge in [0.05, 0.1) is 5.69 Å². The molecule has 2 rings (SSSR count). The van der Waals surface area contributed by atoms with Gasteiger partial charge in [-0.1, -0.05) is 18.2 Å². The average Bonchev–Trinajstić information content (AvgIpc) is 2.47. The molecule has 0 fully saturated rings. The summed E-state index contributed by atoms with van der Waals surface area (Å²) in [6.45, 7) is 2.00. The molecule has 2 N–H and O–H groups in total. The monoisotopic (exact) mass is 175 g/mol. The van der Waals surface area contributed by atoms with Crippen LogP contribution < -0.4 is 10.7 Å². The van der Waals surface area contributed by atoms with E-state index in [1.165, 1.54) is 0 Å². The molecule has 0 amide bonds. The van der Waals surface area contributed by atoms with Gasteiger partial charge in [-0.2, -0.15) is 5.10 Å². The summed E-state index contributed by atoms with van der Waals surface area (Å²) < 4.78 is 0. The molecular formula is C10H13N3. The third-order valence-electron chi connectivity index (χ3n) is 2.12. The Hall–Kier alpha value is -1.35. The van der Waals surface area contributed by atoms with E-state index in [-0.39, 0.29) is 6.17 Å². The Morgan fingerprint density at radius 1 is 1.38 bits per heavy atom. The summed E-state index contributed by atoms with van der Waals surface area (Å²) >= 11 is 0. The summed E-state index contributed by atoms with van der Waals surface area (Å²) in [5.41, 5.74) is 8.07. The van der Waals surface area contributed by atoms with Crippen molar-refractivity contribution in [1.82, 2.24) is 0 Å². The van der Waals surface area contributed by atoms with E-state index in [1.807, 2.05) is 42.3 Å². The van der Waals surface area contributed by atoms with Crippen LogP contribution in [0.3, 0.4) is 0 Å². The lowest BCUT2D eigenvalue weighted by molar-refractivity contribution is 0.692. The molecule has 0 saturated carbocycles. The molecule has 1 aromatic rings. The Balaban J connectivity index is 2.27. The minimum atomic E-state index is 0.00222. The van der Waals surface area contributed by atoms with Crippen molar-refractivity contribution in [2.45, 2.75) is 19.5 Å². The van der Waals surface area contributed by atoms with Crippen LogP contribution in [0.4, 0.5) is 5.69 Å². The van der Waals surface area contributed by atoms with E-state index in [1.54, 1.807) is 0 Å². The van der Waals surface area contributed by atoms with Crippen LogP contribution in [0, 0.1) is 0 Å². The van der Waals surface area contributed by atoms with Gasteiger partial charge in [0.25, 0.3) is 0 Å². The second kappa shape index (κ2) is 3.18. The topological polar surface area (TPSA) is 41.6 Å². The van der Waals surface area contributed by atoms with E-state index >= 15 is 0 Å². The van der Waals surface area contributed by atoms with Gasteiger partial charge in [0, 0.05) is 12.1 Å². The Bertz CT molecular complexity index is 318. The molecule has 0 unspecified atom stereocenters. The smallest absolute Gasteiger partial charge is 0.105 e. The minimum absolute atomic E-state index is 0.00222. The van der Waals surface area contributed by atoms with Crippen molar-refractivity contribution >= 4 is 11.4 Å². The van der Waals surface area contributed by atoms with Crippen LogP contribution in [0.2, 0.25) is 0 Å². The largest absolute Gasteiger partial charge is 0.309 e. The quantitative estimate of drug-likeness (QED) is 0.703. The molecule has 0 bridgehead atoms. The van der Waals surface area contributed by atoms with E-state index in [9.17, 15) is 0 Å². The molecule has 0 aromatic heterocycles. The number of hydrogen-bond acceptors (Lipinski definition) is 3. The van der Waals surface area contributed by atoms with E-state index in [2.05, 4.69) is 5.10 Å². The Morgan fingerprint density at radius 2 is 2.08 bits per heavy atom.